The molecule has 144 valence electrons. The standard InChI is InChI=1S/C22H28N2O3/c1-24-15-13-20(14-16-24)27-19-10-8-18(9-11-19)23-22(25)12-7-17-5-3-4-6-21(17)26-2/h3-6,8-11,20H,7,12-16H2,1-2H3,(H,23,25). The summed E-state index contributed by atoms with van der Waals surface area (Å²) in [6.07, 6.45) is 3.44. The number of ether oxygens (including phenoxy) is 2. The number of rotatable bonds is 7. The molecule has 1 saturated heterocycles. The molecule has 1 amide bonds. The van der Waals surface area contributed by atoms with Crippen LogP contribution in [-0.4, -0.2) is 44.2 Å². The molecule has 5 nitrogen and oxygen atoms in total. The lowest BCUT2D eigenvalue weighted by atomic mass is 10.1. The van der Waals surface area contributed by atoms with Crippen molar-refractivity contribution in [2.45, 2.75) is 31.8 Å². The number of carbonyl (C=O) groups is 1. The van der Waals surface area contributed by atoms with Gasteiger partial charge < -0.3 is 19.7 Å². The van der Waals surface area contributed by atoms with Gasteiger partial charge in [-0.25, -0.2) is 0 Å². The number of para-hydroxylation sites is 1. The van der Waals surface area contributed by atoms with E-state index in [0.717, 1.165) is 48.7 Å². The molecule has 1 aliphatic rings. The summed E-state index contributed by atoms with van der Waals surface area (Å²) in [4.78, 5) is 14.6. The summed E-state index contributed by atoms with van der Waals surface area (Å²) in [5, 5.41) is 2.94. The summed E-state index contributed by atoms with van der Waals surface area (Å²) in [6, 6.07) is 15.4. The summed E-state index contributed by atoms with van der Waals surface area (Å²) >= 11 is 0. The van der Waals surface area contributed by atoms with Gasteiger partial charge in [0, 0.05) is 25.2 Å². The Balaban J connectivity index is 1.47. The van der Waals surface area contributed by atoms with E-state index < -0.39 is 0 Å². The van der Waals surface area contributed by atoms with Gasteiger partial charge in [-0.3, -0.25) is 4.79 Å². The van der Waals surface area contributed by atoms with E-state index in [2.05, 4.69) is 17.3 Å². The fourth-order valence-electron chi connectivity index (χ4n) is 3.29. The SMILES string of the molecule is COc1ccccc1CCC(=O)Nc1ccc(OC2CCN(C)CC2)cc1. The number of methoxy groups -OCH3 is 1. The maximum Gasteiger partial charge on any atom is 0.224 e. The van der Waals surface area contributed by atoms with Crippen molar-refractivity contribution >= 4 is 11.6 Å². The predicted molar refractivity (Wildman–Crippen MR) is 108 cm³/mol. The Morgan fingerprint density at radius 3 is 2.52 bits per heavy atom. The smallest absolute Gasteiger partial charge is 0.224 e. The van der Waals surface area contributed by atoms with E-state index in [1.165, 1.54) is 0 Å². The highest BCUT2D eigenvalue weighted by molar-refractivity contribution is 5.90. The van der Waals surface area contributed by atoms with E-state index in [1.807, 2.05) is 48.5 Å². The zero-order chi connectivity index (χ0) is 19.1. The lowest BCUT2D eigenvalue weighted by Gasteiger charge is -2.29. The minimum atomic E-state index is -0.00936. The van der Waals surface area contributed by atoms with Crippen LogP contribution >= 0.6 is 0 Å². The van der Waals surface area contributed by atoms with E-state index >= 15 is 0 Å². The molecule has 1 fully saturated rings. The molecule has 1 heterocycles. The van der Waals surface area contributed by atoms with Gasteiger partial charge in [-0.15, -0.1) is 0 Å². The zero-order valence-electron chi connectivity index (χ0n) is 16.1. The average Bonchev–Trinajstić information content (AvgIpc) is 2.70. The second kappa shape index (κ2) is 9.42. The van der Waals surface area contributed by atoms with Gasteiger partial charge in [-0.1, -0.05) is 18.2 Å². The van der Waals surface area contributed by atoms with Crippen LogP contribution in [0.1, 0.15) is 24.8 Å². The van der Waals surface area contributed by atoms with Gasteiger partial charge in [0.15, 0.2) is 0 Å². The molecule has 3 rings (SSSR count). The van der Waals surface area contributed by atoms with Crippen LogP contribution in [-0.2, 0) is 11.2 Å². The Morgan fingerprint density at radius 2 is 1.81 bits per heavy atom. The van der Waals surface area contributed by atoms with Gasteiger partial charge in [0.2, 0.25) is 5.91 Å². The van der Waals surface area contributed by atoms with Crippen LogP contribution in [0.25, 0.3) is 0 Å². The number of carbonyl (C=O) groups excluding carboxylic acids is 1. The topological polar surface area (TPSA) is 50.8 Å². The number of amides is 1. The molecule has 1 N–H and O–H groups in total. The number of anilines is 1. The molecule has 0 radical (unpaired) electrons. The van der Waals surface area contributed by atoms with Crippen LogP contribution in [0, 0.1) is 0 Å². The quantitative estimate of drug-likeness (QED) is 0.809. The summed E-state index contributed by atoms with van der Waals surface area (Å²) in [5.41, 5.74) is 1.83. The molecule has 27 heavy (non-hydrogen) atoms. The molecule has 2 aromatic rings. The summed E-state index contributed by atoms with van der Waals surface area (Å²) in [6.45, 7) is 2.15. The number of likely N-dealkylation sites (tertiary alicyclic amines) is 1. The normalized spacial score (nSPS) is 15.3. The highest BCUT2D eigenvalue weighted by atomic mass is 16.5. The number of nitrogens with one attached hydrogen (secondary N) is 1. The highest BCUT2D eigenvalue weighted by Gasteiger charge is 2.17. The first kappa shape index (κ1) is 19.2. The minimum absolute atomic E-state index is 0.00936. The van der Waals surface area contributed by atoms with Gasteiger partial charge in [0.1, 0.15) is 17.6 Å². The van der Waals surface area contributed by atoms with Crippen molar-refractivity contribution < 1.29 is 14.3 Å². The van der Waals surface area contributed by atoms with Crippen LogP contribution in [0.3, 0.4) is 0 Å². The molecule has 0 spiro atoms. The van der Waals surface area contributed by atoms with Crippen molar-refractivity contribution in [1.82, 2.24) is 4.90 Å². The number of hydrogen-bond acceptors (Lipinski definition) is 4. The molecular weight excluding hydrogens is 340 g/mol. The first-order chi connectivity index (χ1) is 13.1. The maximum atomic E-state index is 12.2. The number of aryl methyl sites for hydroxylation is 1. The third-order valence-electron chi connectivity index (χ3n) is 4.92. The molecule has 5 heteroatoms. The van der Waals surface area contributed by atoms with Crippen molar-refractivity contribution in [2.75, 3.05) is 32.6 Å². The van der Waals surface area contributed by atoms with E-state index in [0.29, 0.717) is 12.8 Å². The maximum absolute atomic E-state index is 12.2. The van der Waals surface area contributed by atoms with Crippen LogP contribution in [0.15, 0.2) is 48.5 Å². The third kappa shape index (κ3) is 5.73. The number of benzene rings is 2. The Labute approximate surface area is 161 Å². The van der Waals surface area contributed by atoms with Gasteiger partial charge in [0.25, 0.3) is 0 Å². The van der Waals surface area contributed by atoms with E-state index in [1.54, 1.807) is 7.11 Å². The van der Waals surface area contributed by atoms with Crippen molar-refractivity contribution in [3.8, 4) is 11.5 Å². The summed E-state index contributed by atoms with van der Waals surface area (Å²) in [5.74, 6) is 1.67. The predicted octanol–water partition coefficient (Wildman–Crippen LogP) is 3.74. The monoisotopic (exact) mass is 368 g/mol. The van der Waals surface area contributed by atoms with Gasteiger partial charge in [-0.2, -0.15) is 0 Å². The Hall–Kier alpha value is -2.53. The molecule has 2 aromatic carbocycles. The van der Waals surface area contributed by atoms with Gasteiger partial charge in [0.05, 0.1) is 7.11 Å². The molecular formula is C22H28N2O3. The molecule has 0 aliphatic carbocycles. The first-order valence-electron chi connectivity index (χ1n) is 9.51. The largest absolute Gasteiger partial charge is 0.496 e. The van der Waals surface area contributed by atoms with E-state index in [4.69, 9.17) is 9.47 Å². The summed E-state index contributed by atoms with van der Waals surface area (Å²) in [7, 11) is 3.79. The Morgan fingerprint density at radius 1 is 1.11 bits per heavy atom. The molecule has 0 atom stereocenters. The average molecular weight is 368 g/mol. The lowest BCUT2D eigenvalue weighted by Crippen LogP contribution is -2.35. The second-order valence-electron chi connectivity index (χ2n) is 7.00. The lowest BCUT2D eigenvalue weighted by molar-refractivity contribution is -0.116. The molecule has 0 bridgehead atoms. The highest BCUT2D eigenvalue weighted by Crippen LogP contribution is 2.22. The van der Waals surface area contributed by atoms with Gasteiger partial charge in [-0.05, 0) is 62.2 Å². The molecule has 0 unspecified atom stereocenters. The van der Waals surface area contributed by atoms with Crippen LogP contribution < -0.4 is 14.8 Å². The summed E-state index contributed by atoms with van der Waals surface area (Å²) < 4.78 is 11.4. The van der Waals surface area contributed by atoms with Crippen LogP contribution in [0.4, 0.5) is 5.69 Å². The van der Waals surface area contributed by atoms with Crippen molar-refractivity contribution in [3.05, 3.63) is 54.1 Å². The molecule has 0 aromatic heterocycles. The molecule has 1 aliphatic heterocycles. The molecule has 0 saturated carbocycles. The van der Waals surface area contributed by atoms with Crippen LogP contribution in [0.5, 0.6) is 11.5 Å². The zero-order valence-corrected chi connectivity index (χ0v) is 16.1. The van der Waals surface area contributed by atoms with E-state index in [9.17, 15) is 4.79 Å². The Bertz CT molecular complexity index is 737. The second-order valence-corrected chi connectivity index (χ2v) is 7.00. The Kier molecular flexibility index (Phi) is 6.71. The number of hydrogen-bond donors (Lipinski definition) is 1. The fraction of sp³-hybridized carbons (Fsp3) is 0.409. The van der Waals surface area contributed by atoms with Crippen molar-refractivity contribution in [1.29, 1.82) is 0 Å². The number of piperidine rings is 1. The first-order valence-corrected chi connectivity index (χ1v) is 9.51. The number of nitrogens with zero attached hydrogens (tertiary/aromatic N) is 1. The van der Waals surface area contributed by atoms with Crippen molar-refractivity contribution in [3.63, 3.8) is 0 Å². The van der Waals surface area contributed by atoms with Gasteiger partial charge >= 0.3 is 0 Å². The minimum Gasteiger partial charge on any atom is -0.496 e. The van der Waals surface area contributed by atoms with Crippen LogP contribution in [0.2, 0.25) is 0 Å². The fourth-order valence-corrected chi connectivity index (χ4v) is 3.29. The van der Waals surface area contributed by atoms with Crippen molar-refractivity contribution in [2.24, 2.45) is 0 Å². The van der Waals surface area contributed by atoms with E-state index in [-0.39, 0.29) is 12.0 Å². The third-order valence-corrected chi connectivity index (χ3v) is 4.92.